The van der Waals surface area contributed by atoms with Gasteiger partial charge in [0.05, 0.1) is 0 Å². The average Bonchev–Trinajstić information content (AvgIpc) is 2.38. The third kappa shape index (κ3) is 6.63. The predicted molar refractivity (Wildman–Crippen MR) is 86.2 cm³/mol. The molecule has 1 atom stereocenters. The molecule has 4 nitrogen and oxygen atoms in total. The Hall–Kier alpha value is -1.55. The van der Waals surface area contributed by atoms with E-state index < -0.39 is 5.60 Å². The molecule has 0 spiro atoms. The van der Waals surface area contributed by atoms with Gasteiger partial charge in [-0.3, -0.25) is 0 Å². The molecule has 1 amide bonds. The summed E-state index contributed by atoms with van der Waals surface area (Å²) in [6.07, 6.45) is -0.251. The van der Waals surface area contributed by atoms with Crippen LogP contribution in [0.1, 0.15) is 40.2 Å². The number of likely N-dealkylation sites (N-methyl/N-ethyl adjacent to an activating group) is 1. The molecule has 0 radical (unpaired) electrons. The summed E-state index contributed by atoms with van der Waals surface area (Å²) in [5.41, 5.74) is 0.784. The number of nitrogens with zero attached hydrogens (tertiary/aromatic N) is 1. The number of hydrogen-bond donors (Lipinski definition) is 1. The number of nitrogens with one attached hydrogen (secondary N) is 1. The van der Waals surface area contributed by atoms with E-state index in [1.807, 2.05) is 52.8 Å². The van der Waals surface area contributed by atoms with Gasteiger partial charge in [0.25, 0.3) is 0 Å². The molecule has 0 aliphatic carbocycles. The minimum absolute atomic E-state index is 0.0913. The van der Waals surface area contributed by atoms with Crippen LogP contribution >= 0.6 is 0 Å². The van der Waals surface area contributed by atoms with Gasteiger partial charge in [-0.15, -0.1) is 0 Å². The van der Waals surface area contributed by atoms with Gasteiger partial charge in [-0.1, -0.05) is 30.3 Å². The van der Waals surface area contributed by atoms with Gasteiger partial charge in [-0.25, -0.2) is 4.79 Å². The third-order valence-electron chi connectivity index (χ3n) is 3.11. The summed E-state index contributed by atoms with van der Waals surface area (Å²) >= 11 is 0. The van der Waals surface area contributed by atoms with Crippen LogP contribution in [0.2, 0.25) is 0 Å². The molecule has 0 aliphatic rings. The molecule has 0 unspecified atom stereocenters. The molecule has 0 saturated carbocycles. The van der Waals surface area contributed by atoms with Crippen LogP contribution in [0.4, 0.5) is 4.79 Å². The number of amides is 1. The largest absolute Gasteiger partial charge is 0.444 e. The minimum Gasteiger partial charge on any atom is -0.444 e. The molecule has 0 saturated heterocycles. The Balaban J connectivity index is 2.44. The van der Waals surface area contributed by atoms with Crippen LogP contribution in [0.15, 0.2) is 30.3 Å². The van der Waals surface area contributed by atoms with Crippen LogP contribution in [0, 0.1) is 0 Å². The van der Waals surface area contributed by atoms with Gasteiger partial charge in [0.2, 0.25) is 0 Å². The summed E-state index contributed by atoms with van der Waals surface area (Å²) in [5.74, 6) is 0. The van der Waals surface area contributed by atoms with Crippen molar-refractivity contribution in [2.24, 2.45) is 0 Å². The smallest absolute Gasteiger partial charge is 0.410 e. The molecule has 0 aromatic heterocycles. The maximum Gasteiger partial charge on any atom is 0.410 e. The molecular weight excluding hydrogens is 264 g/mol. The van der Waals surface area contributed by atoms with Gasteiger partial charge < -0.3 is 15.0 Å². The first-order valence-electron chi connectivity index (χ1n) is 7.57. The predicted octanol–water partition coefficient (Wildman–Crippen LogP) is 3.42. The molecule has 0 aliphatic heterocycles. The number of benzene rings is 1. The van der Waals surface area contributed by atoms with Crippen molar-refractivity contribution in [2.45, 2.75) is 52.8 Å². The lowest BCUT2D eigenvalue weighted by atomic mass is 10.2. The van der Waals surface area contributed by atoms with Crippen LogP contribution in [0.3, 0.4) is 0 Å². The summed E-state index contributed by atoms with van der Waals surface area (Å²) < 4.78 is 5.44. The van der Waals surface area contributed by atoms with E-state index in [0.717, 1.165) is 13.1 Å². The average molecular weight is 292 g/mol. The number of carbonyl (C=O) groups excluding carboxylic acids is 1. The molecule has 0 fully saturated rings. The zero-order valence-corrected chi connectivity index (χ0v) is 13.8. The van der Waals surface area contributed by atoms with Crippen LogP contribution in [0.25, 0.3) is 0 Å². The summed E-state index contributed by atoms with van der Waals surface area (Å²) in [7, 11) is 0. The fraction of sp³-hybridized carbons (Fsp3) is 0.588. The SMILES string of the molecule is CCN(C(=O)OC(C)(C)C)[C@H](C)CNCc1ccccc1. The highest BCUT2D eigenvalue weighted by Gasteiger charge is 2.24. The Bertz CT molecular complexity index is 426. The Morgan fingerprint density at radius 3 is 2.43 bits per heavy atom. The number of carbonyl (C=O) groups is 1. The zero-order chi connectivity index (χ0) is 15.9. The highest BCUT2D eigenvalue weighted by molar-refractivity contribution is 5.68. The highest BCUT2D eigenvalue weighted by Crippen LogP contribution is 2.11. The number of ether oxygens (including phenoxy) is 1. The van der Waals surface area contributed by atoms with E-state index in [1.165, 1.54) is 5.56 Å². The van der Waals surface area contributed by atoms with Crippen molar-refractivity contribution in [1.29, 1.82) is 0 Å². The van der Waals surface area contributed by atoms with Gasteiger partial charge in [-0.05, 0) is 40.2 Å². The topological polar surface area (TPSA) is 41.6 Å². The lowest BCUT2D eigenvalue weighted by Crippen LogP contribution is -2.46. The van der Waals surface area contributed by atoms with E-state index in [4.69, 9.17) is 4.74 Å². The highest BCUT2D eigenvalue weighted by atomic mass is 16.6. The Kier molecular flexibility index (Phi) is 6.69. The van der Waals surface area contributed by atoms with Crippen LogP contribution in [-0.4, -0.2) is 35.7 Å². The molecule has 1 N–H and O–H groups in total. The quantitative estimate of drug-likeness (QED) is 0.873. The van der Waals surface area contributed by atoms with Crippen molar-refractivity contribution in [3.8, 4) is 0 Å². The van der Waals surface area contributed by atoms with Crippen LogP contribution in [0.5, 0.6) is 0 Å². The Morgan fingerprint density at radius 2 is 1.90 bits per heavy atom. The fourth-order valence-corrected chi connectivity index (χ4v) is 2.07. The standard InChI is InChI=1S/C17H28N2O2/c1-6-19(16(20)21-17(3,4)5)14(2)12-18-13-15-10-8-7-9-11-15/h7-11,14,18H,6,12-13H2,1-5H3/t14-/m1/s1. The fourth-order valence-electron chi connectivity index (χ4n) is 2.07. The first-order valence-corrected chi connectivity index (χ1v) is 7.57. The van der Waals surface area contributed by atoms with Crippen molar-refractivity contribution >= 4 is 6.09 Å². The van der Waals surface area contributed by atoms with E-state index >= 15 is 0 Å². The van der Waals surface area contributed by atoms with Crippen molar-refractivity contribution < 1.29 is 9.53 Å². The number of rotatable bonds is 6. The first kappa shape index (κ1) is 17.5. The Labute approximate surface area is 128 Å². The second-order valence-electron chi connectivity index (χ2n) is 6.23. The molecule has 118 valence electrons. The molecule has 1 aromatic carbocycles. The molecule has 1 rings (SSSR count). The molecule has 0 heterocycles. The number of hydrogen-bond acceptors (Lipinski definition) is 3. The van der Waals surface area contributed by atoms with Crippen molar-refractivity contribution in [3.63, 3.8) is 0 Å². The van der Waals surface area contributed by atoms with E-state index in [-0.39, 0.29) is 12.1 Å². The second-order valence-corrected chi connectivity index (χ2v) is 6.23. The monoisotopic (exact) mass is 292 g/mol. The first-order chi connectivity index (χ1) is 9.83. The van der Waals surface area contributed by atoms with Gasteiger partial charge in [0, 0.05) is 25.7 Å². The Morgan fingerprint density at radius 1 is 1.29 bits per heavy atom. The summed E-state index contributed by atoms with van der Waals surface area (Å²) in [4.78, 5) is 13.9. The maximum absolute atomic E-state index is 12.1. The van der Waals surface area contributed by atoms with Gasteiger partial charge in [0.1, 0.15) is 5.60 Å². The lowest BCUT2D eigenvalue weighted by Gasteiger charge is -2.31. The van der Waals surface area contributed by atoms with Gasteiger partial charge in [0.15, 0.2) is 0 Å². The maximum atomic E-state index is 12.1. The summed E-state index contributed by atoms with van der Waals surface area (Å²) in [6.45, 7) is 11.8. The molecule has 1 aromatic rings. The second kappa shape index (κ2) is 8.03. The van der Waals surface area contributed by atoms with Gasteiger partial charge >= 0.3 is 6.09 Å². The third-order valence-corrected chi connectivity index (χ3v) is 3.11. The van der Waals surface area contributed by atoms with Gasteiger partial charge in [-0.2, -0.15) is 0 Å². The van der Waals surface area contributed by atoms with E-state index in [2.05, 4.69) is 17.4 Å². The molecule has 0 bridgehead atoms. The van der Waals surface area contributed by atoms with Crippen LogP contribution in [-0.2, 0) is 11.3 Å². The molecule has 21 heavy (non-hydrogen) atoms. The molecular formula is C17H28N2O2. The zero-order valence-electron chi connectivity index (χ0n) is 13.8. The minimum atomic E-state index is -0.457. The van der Waals surface area contributed by atoms with Crippen molar-refractivity contribution in [3.05, 3.63) is 35.9 Å². The van der Waals surface area contributed by atoms with E-state index in [1.54, 1.807) is 4.90 Å². The summed E-state index contributed by atoms with van der Waals surface area (Å²) in [6, 6.07) is 10.3. The van der Waals surface area contributed by atoms with E-state index in [9.17, 15) is 4.79 Å². The van der Waals surface area contributed by atoms with E-state index in [0.29, 0.717) is 6.54 Å². The summed E-state index contributed by atoms with van der Waals surface area (Å²) in [5, 5.41) is 3.38. The van der Waals surface area contributed by atoms with Crippen molar-refractivity contribution in [1.82, 2.24) is 10.2 Å². The normalized spacial score (nSPS) is 12.8. The van der Waals surface area contributed by atoms with Crippen LogP contribution < -0.4 is 5.32 Å². The van der Waals surface area contributed by atoms with Crippen molar-refractivity contribution in [2.75, 3.05) is 13.1 Å². The lowest BCUT2D eigenvalue weighted by molar-refractivity contribution is 0.0188. The molecule has 4 heteroatoms.